The van der Waals surface area contributed by atoms with Crippen molar-refractivity contribution in [2.24, 2.45) is 0 Å². The summed E-state index contributed by atoms with van der Waals surface area (Å²) in [5.41, 5.74) is 1.65. The molecule has 0 saturated carbocycles. The van der Waals surface area contributed by atoms with Crippen molar-refractivity contribution in [2.45, 2.75) is 19.8 Å². The van der Waals surface area contributed by atoms with E-state index in [0.717, 1.165) is 12.1 Å². The molecule has 0 aliphatic carbocycles. The smallest absolute Gasteiger partial charge is 0.130 e. The number of aromatic nitrogens is 2. The Morgan fingerprint density at radius 1 is 1.35 bits per heavy atom. The Balaban J connectivity index is 2.33. The SMILES string of the molecule is CCc1cc(=S)nc(Cc2ccccc2F)[nH]1. The standard InChI is InChI=1S/C13H13FN2S/c1-2-10-8-13(17)16-12(15-10)7-9-5-3-4-6-11(9)14/h3-6,8H,2,7H2,1H3,(H,15,16,17). The second kappa shape index (κ2) is 5.19. The lowest BCUT2D eigenvalue weighted by molar-refractivity contribution is 0.612. The van der Waals surface area contributed by atoms with E-state index in [9.17, 15) is 4.39 Å². The molecule has 0 saturated heterocycles. The molecule has 2 nitrogen and oxygen atoms in total. The van der Waals surface area contributed by atoms with Crippen LogP contribution in [0.25, 0.3) is 0 Å². The van der Waals surface area contributed by atoms with Crippen LogP contribution in [-0.2, 0) is 12.8 Å². The molecule has 0 aliphatic rings. The summed E-state index contributed by atoms with van der Waals surface area (Å²) in [5.74, 6) is 0.495. The van der Waals surface area contributed by atoms with Crippen molar-refractivity contribution in [1.29, 1.82) is 0 Å². The molecule has 0 bridgehead atoms. The summed E-state index contributed by atoms with van der Waals surface area (Å²) in [6.07, 6.45) is 1.29. The Kier molecular flexibility index (Phi) is 3.64. The van der Waals surface area contributed by atoms with Crippen molar-refractivity contribution in [3.63, 3.8) is 0 Å². The molecular weight excluding hydrogens is 235 g/mol. The predicted octanol–water partition coefficient (Wildman–Crippen LogP) is 3.43. The number of aromatic amines is 1. The van der Waals surface area contributed by atoms with Gasteiger partial charge in [-0.05, 0) is 24.1 Å². The van der Waals surface area contributed by atoms with Gasteiger partial charge in [-0.1, -0.05) is 37.3 Å². The van der Waals surface area contributed by atoms with Crippen LogP contribution in [-0.4, -0.2) is 9.97 Å². The number of H-pyrrole nitrogens is 1. The Hall–Kier alpha value is -1.55. The molecule has 0 unspecified atom stereocenters. The quantitative estimate of drug-likeness (QED) is 0.843. The van der Waals surface area contributed by atoms with E-state index in [-0.39, 0.29) is 5.82 Å². The summed E-state index contributed by atoms with van der Waals surface area (Å²) < 4.78 is 14.0. The number of aryl methyl sites for hydroxylation is 1. The summed E-state index contributed by atoms with van der Waals surface area (Å²) in [4.78, 5) is 7.38. The molecule has 2 rings (SSSR count). The molecule has 1 aromatic heterocycles. The van der Waals surface area contributed by atoms with Crippen LogP contribution >= 0.6 is 12.2 Å². The lowest BCUT2D eigenvalue weighted by Crippen LogP contribution is -2.01. The number of benzene rings is 1. The maximum atomic E-state index is 13.5. The van der Waals surface area contributed by atoms with Crippen molar-refractivity contribution < 1.29 is 4.39 Å². The van der Waals surface area contributed by atoms with Gasteiger partial charge >= 0.3 is 0 Å². The van der Waals surface area contributed by atoms with Gasteiger partial charge in [0.15, 0.2) is 0 Å². The fraction of sp³-hybridized carbons (Fsp3) is 0.231. The van der Waals surface area contributed by atoms with Gasteiger partial charge in [-0.3, -0.25) is 0 Å². The van der Waals surface area contributed by atoms with Crippen LogP contribution in [0.4, 0.5) is 4.39 Å². The number of nitrogens with one attached hydrogen (secondary N) is 1. The zero-order chi connectivity index (χ0) is 12.3. The van der Waals surface area contributed by atoms with Crippen molar-refractivity contribution in [3.8, 4) is 0 Å². The molecule has 0 aliphatic heterocycles. The van der Waals surface area contributed by atoms with E-state index < -0.39 is 0 Å². The second-order valence-corrected chi connectivity index (χ2v) is 4.23. The summed E-state index contributed by atoms with van der Waals surface area (Å²) in [7, 11) is 0. The molecule has 88 valence electrons. The first-order valence-corrected chi connectivity index (χ1v) is 5.92. The maximum Gasteiger partial charge on any atom is 0.130 e. The van der Waals surface area contributed by atoms with Crippen molar-refractivity contribution in [3.05, 3.63) is 57.9 Å². The fourth-order valence-corrected chi connectivity index (χ4v) is 1.91. The zero-order valence-electron chi connectivity index (χ0n) is 9.53. The van der Waals surface area contributed by atoms with Gasteiger partial charge in [-0.15, -0.1) is 0 Å². The zero-order valence-corrected chi connectivity index (χ0v) is 10.4. The molecule has 0 spiro atoms. The molecular formula is C13H13FN2S. The average molecular weight is 248 g/mol. The van der Waals surface area contributed by atoms with Gasteiger partial charge in [-0.2, -0.15) is 0 Å². The number of nitrogens with zero attached hydrogens (tertiary/aromatic N) is 1. The highest BCUT2D eigenvalue weighted by molar-refractivity contribution is 7.71. The summed E-state index contributed by atoms with van der Waals surface area (Å²) in [5, 5.41) is 0. The largest absolute Gasteiger partial charge is 0.347 e. The Bertz CT molecular complexity index is 578. The Labute approximate surface area is 105 Å². The first-order chi connectivity index (χ1) is 8.19. The summed E-state index contributed by atoms with van der Waals surface area (Å²) in [6.45, 7) is 2.04. The van der Waals surface area contributed by atoms with Gasteiger partial charge < -0.3 is 4.98 Å². The minimum absolute atomic E-state index is 0.212. The van der Waals surface area contributed by atoms with Gasteiger partial charge in [-0.25, -0.2) is 9.37 Å². The molecule has 0 amide bonds. The van der Waals surface area contributed by atoms with Crippen molar-refractivity contribution >= 4 is 12.2 Å². The molecule has 2 aromatic rings. The van der Waals surface area contributed by atoms with E-state index in [4.69, 9.17) is 12.2 Å². The van der Waals surface area contributed by atoms with E-state index in [2.05, 4.69) is 9.97 Å². The first kappa shape index (κ1) is 11.9. The third kappa shape index (κ3) is 2.97. The molecule has 4 heteroatoms. The van der Waals surface area contributed by atoms with Crippen molar-refractivity contribution in [1.82, 2.24) is 9.97 Å². The van der Waals surface area contributed by atoms with Gasteiger partial charge in [0.05, 0.1) is 0 Å². The van der Waals surface area contributed by atoms with Crippen LogP contribution in [0, 0.1) is 10.5 Å². The van der Waals surface area contributed by atoms with Crippen LogP contribution < -0.4 is 0 Å². The monoisotopic (exact) mass is 248 g/mol. The number of rotatable bonds is 3. The molecule has 0 fully saturated rings. The molecule has 0 radical (unpaired) electrons. The molecule has 17 heavy (non-hydrogen) atoms. The minimum Gasteiger partial charge on any atom is -0.347 e. The van der Waals surface area contributed by atoms with E-state index in [1.54, 1.807) is 12.1 Å². The lowest BCUT2D eigenvalue weighted by atomic mass is 10.1. The van der Waals surface area contributed by atoms with Gasteiger partial charge in [0, 0.05) is 12.1 Å². The molecule has 0 atom stereocenters. The van der Waals surface area contributed by atoms with Crippen LogP contribution in [0.15, 0.2) is 30.3 Å². The number of hydrogen-bond donors (Lipinski definition) is 1. The third-order valence-corrected chi connectivity index (χ3v) is 2.75. The third-order valence-electron chi connectivity index (χ3n) is 2.54. The average Bonchev–Trinajstić information content (AvgIpc) is 2.31. The Morgan fingerprint density at radius 2 is 2.12 bits per heavy atom. The topological polar surface area (TPSA) is 28.7 Å². The highest BCUT2D eigenvalue weighted by Gasteiger charge is 2.04. The molecule has 1 N–H and O–H groups in total. The molecule has 1 heterocycles. The van der Waals surface area contributed by atoms with Crippen LogP contribution in [0.1, 0.15) is 24.0 Å². The Morgan fingerprint density at radius 3 is 2.82 bits per heavy atom. The van der Waals surface area contributed by atoms with Crippen molar-refractivity contribution in [2.75, 3.05) is 0 Å². The summed E-state index contributed by atoms with van der Waals surface area (Å²) >= 11 is 5.08. The van der Waals surface area contributed by atoms with Crippen LogP contribution in [0.2, 0.25) is 0 Å². The van der Waals surface area contributed by atoms with E-state index in [1.807, 2.05) is 19.1 Å². The normalized spacial score (nSPS) is 10.5. The highest BCUT2D eigenvalue weighted by Crippen LogP contribution is 2.11. The highest BCUT2D eigenvalue weighted by atomic mass is 32.1. The lowest BCUT2D eigenvalue weighted by Gasteiger charge is -2.05. The summed E-state index contributed by atoms with van der Waals surface area (Å²) in [6, 6.07) is 8.54. The van der Waals surface area contributed by atoms with Gasteiger partial charge in [0.25, 0.3) is 0 Å². The van der Waals surface area contributed by atoms with Crippen LogP contribution in [0.5, 0.6) is 0 Å². The second-order valence-electron chi connectivity index (χ2n) is 3.81. The predicted molar refractivity (Wildman–Crippen MR) is 68.0 cm³/mol. The fourth-order valence-electron chi connectivity index (χ4n) is 1.66. The minimum atomic E-state index is -0.212. The van der Waals surface area contributed by atoms with E-state index >= 15 is 0 Å². The first-order valence-electron chi connectivity index (χ1n) is 5.51. The number of halogens is 1. The molecule has 1 aromatic carbocycles. The van der Waals surface area contributed by atoms with Gasteiger partial charge in [0.1, 0.15) is 16.3 Å². The van der Waals surface area contributed by atoms with E-state index in [1.165, 1.54) is 6.07 Å². The van der Waals surface area contributed by atoms with E-state index in [0.29, 0.717) is 22.4 Å². The number of hydrogen-bond acceptors (Lipinski definition) is 2. The van der Waals surface area contributed by atoms with Crippen LogP contribution in [0.3, 0.4) is 0 Å². The van der Waals surface area contributed by atoms with Gasteiger partial charge in [0.2, 0.25) is 0 Å². The maximum absolute atomic E-state index is 13.5.